The Labute approximate surface area is 196 Å². The molecule has 0 fully saturated rings. The SMILES string of the molecule is CSc1cccc(-c2nc(-c3c(Cl)cccc3Cl)n(O)c2-c2ccnc([S+](C)[O-])n2)c1. The van der Waals surface area contributed by atoms with Crippen LogP contribution in [0.25, 0.3) is 34.0 Å². The summed E-state index contributed by atoms with van der Waals surface area (Å²) in [5, 5.41) is 12.0. The fourth-order valence-electron chi connectivity index (χ4n) is 3.10. The zero-order valence-electron chi connectivity index (χ0n) is 16.4. The topological polar surface area (TPSA) is 86.9 Å². The molecule has 1 atom stereocenters. The van der Waals surface area contributed by atoms with Gasteiger partial charge in [-0.3, -0.25) is 0 Å². The first-order chi connectivity index (χ1) is 14.9. The molecule has 0 bridgehead atoms. The van der Waals surface area contributed by atoms with Gasteiger partial charge in [-0.15, -0.1) is 11.8 Å². The molecule has 0 aliphatic heterocycles. The summed E-state index contributed by atoms with van der Waals surface area (Å²) in [6, 6.07) is 14.4. The fourth-order valence-corrected chi connectivity index (χ4v) is 4.56. The van der Waals surface area contributed by atoms with E-state index >= 15 is 0 Å². The number of thioether (sulfide) groups is 1. The Bertz CT molecular complexity index is 1240. The summed E-state index contributed by atoms with van der Waals surface area (Å²) in [6.07, 6.45) is 4.97. The Kier molecular flexibility index (Phi) is 6.45. The van der Waals surface area contributed by atoms with Crippen LogP contribution in [0.1, 0.15) is 0 Å². The number of benzene rings is 2. The Balaban J connectivity index is 2.02. The van der Waals surface area contributed by atoms with E-state index in [1.165, 1.54) is 12.5 Å². The van der Waals surface area contributed by atoms with Crippen molar-refractivity contribution < 1.29 is 9.76 Å². The maximum atomic E-state index is 11.9. The van der Waals surface area contributed by atoms with E-state index in [1.807, 2.05) is 30.5 Å². The van der Waals surface area contributed by atoms with Gasteiger partial charge in [-0.1, -0.05) is 41.4 Å². The highest BCUT2D eigenvalue weighted by molar-refractivity contribution is 7.98. The normalized spacial score (nSPS) is 12.2. The van der Waals surface area contributed by atoms with E-state index in [1.54, 1.807) is 36.0 Å². The minimum Gasteiger partial charge on any atom is -0.609 e. The molecule has 0 aliphatic rings. The number of halogens is 2. The van der Waals surface area contributed by atoms with E-state index in [-0.39, 0.29) is 11.0 Å². The standard InChI is InChI=1S/C21H16Cl2N4O2S2/c1-30-13-6-3-5-12(11-13)18-19(16-9-10-24-21(25-16)31(2)29)27(28)20(26-18)17-14(22)7-4-8-15(17)23/h3-11,28H,1-2H3. The lowest BCUT2D eigenvalue weighted by Crippen LogP contribution is -2.06. The number of aromatic nitrogens is 4. The summed E-state index contributed by atoms with van der Waals surface area (Å²) in [6.45, 7) is 0. The van der Waals surface area contributed by atoms with Crippen molar-refractivity contribution in [3.8, 4) is 34.0 Å². The third-order valence-electron chi connectivity index (χ3n) is 4.52. The van der Waals surface area contributed by atoms with Gasteiger partial charge in [-0.25, -0.2) is 4.98 Å². The van der Waals surface area contributed by atoms with Gasteiger partial charge in [0, 0.05) is 27.8 Å². The molecule has 31 heavy (non-hydrogen) atoms. The van der Waals surface area contributed by atoms with Crippen molar-refractivity contribution in [3.05, 3.63) is 64.8 Å². The van der Waals surface area contributed by atoms with Crippen LogP contribution in [-0.2, 0) is 11.2 Å². The van der Waals surface area contributed by atoms with Crippen molar-refractivity contribution in [2.75, 3.05) is 12.5 Å². The second kappa shape index (κ2) is 9.10. The van der Waals surface area contributed by atoms with Crippen LogP contribution in [-0.4, -0.2) is 42.0 Å². The molecule has 0 spiro atoms. The van der Waals surface area contributed by atoms with Gasteiger partial charge in [-0.2, -0.15) is 14.7 Å². The zero-order valence-corrected chi connectivity index (χ0v) is 19.6. The van der Waals surface area contributed by atoms with Crippen molar-refractivity contribution >= 4 is 46.1 Å². The van der Waals surface area contributed by atoms with Gasteiger partial charge in [0.1, 0.15) is 23.3 Å². The monoisotopic (exact) mass is 490 g/mol. The fraction of sp³-hybridized carbons (Fsp3) is 0.0952. The minimum absolute atomic E-state index is 0.153. The maximum absolute atomic E-state index is 11.9. The largest absolute Gasteiger partial charge is 0.609 e. The number of imidazole rings is 1. The summed E-state index contributed by atoms with van der Waals surface area (Å²) < 4.78 is 12.8. The lowest BCUT2D eigenvalue weighted by molar-refractivity contribution is 0.195. The highest BCUT2D eigenvalue weighted by atomic mass is 35.5. The molecule has 0 saturated carbocycles. The molecule has 2 aromatic heterocycles. The molecule has 158 valence electrons. The van der Waals surface area contributed by atoms with Crippen LogP contribution < -0.4 is 0 Å². The van der Waals surface area contributed by atoms with Crippen LogP contribution in [0.3, 0.4) is 0 Å². The van der Waals surface area contributed by atoms with Crippen LogP contribution in [0.5, 0.6) is 0 Å². The summed E-state index contributed by atoms with van der Waals surface area (Å²) in [5.41, 5.74) is 2.34. The third-order valence-corrected chi connectivity index (χ3v) is 6.58. The number of nitrogens with zero attached hydrogens (tertiary/aromatic N) is 4. The van der Waals surface area contributed by atoms with E-state index in [2.05, 4.69) is 9.97 Å². The zero-order chi connectivity index (χ0) is 22.1. The Hall–Kier alpha value is -2.23. The van der Waals surface area contributed by atoms with Crippen molar-refractivity contribution in [1.82, 2.24) is 19.7 Å². The highest BCUT2D eigenvalue weighted by Crippen LogP contribution is 2.40. The molecule has 4 rings (SSSR count). The van der Waals surface area contributed by atoms with Crippen LogP contribution >= 0.6 is 35.0 Å². The number of hydrogen-bond acceptors (Lipinski definition) is 6. The molecule has 0 saturated heterocycles. The predicted molar refractivity (Wildman–Crippen MR) is 125 cm³/mol. The Morgan fingerprint density at radius 1 is 1.06 bits per heavy atom. The van der Waals surface area contributed by atoms with Crippen LogP contribution in [0.2, 0.25) is 10.0 Å². The third kappa shape index (κ3) is 4.26. The molecule has 2 heterocycles. The summed E-state index contributed by atoms with van der Waals surface area (Å²) >= 11 is 13.0. The van der Waals surface area contributed by atoms with Crippen molar-refractivity contribution in [2.24, 2.45) is 0 Å². The van der Waals surface area contributed by atoms with E-state index in [9.17, 15) is 9.76 Å². The van der Waals surface area contributed by atoms with E-state index < -0.39 is 11.2 Å². The smallest absolute Gasteiger partial charge is 0.343 e. The van der Waals surface area contributed by atoms with Crippen molar-refractivity contribution in [2.45, 2.75) is 10.1 Å². The van der Waals surface area contributed by atoms with Gasteiger partial charge in [0.2, 0.25) is 0 Å². The van der Waals surface area contributed by atoms with E-state index in [0.717, 1.165) is 15.2 Å². The molecule has 6 nitrogen and oxygen atoms in total. The second-order valence-corrected chi connectivity index (χ2v) is 9.42. The quantitative estimate of drug-likeness (QED) is 0.167. The van der Waals surface area contributed by atoms with Gasteiger partial charge in [-0.05, 0) is 36.6 Å². The molecule has 0 aliphatic carbocycles. The molecular formula is C21H16Cl2N4O2S2. The summed E-state index contributed by atoms with van der Waals surface area (Å²) in [4.78, 5) is 14.2. The maximum Gasteiger partial charge on any atom is 0.343 e. The Morgan fingerprint density at radius 3 is 2.45 bits per heavy atom. The molecule has 4 aromatic rings. The first-order valence-corrected chi connectivity index (χ1v) is 12.5. The molecular weight excluding hydrogens is 475 g/mol. The second-order valence-electron chi connectivity index (χ2n) is 6.45. The predicted octanol–water partition coefficient (Wildman–Crippen LogP) is 5.68. The van der Waals surface area contributed by atoms with Gasteiger partial charge in [0.25, 0.3) is 0 Å². The lowest BCUT2D eigenvalue weighted by Gasteiger charge is -2.09. The molecule has 0 radical (unpaired) electrons. The van der Waals surface area contributed by atoms with Gasteiger partial charge >= 0.3 is 5.16 Å². The molecule has 2 aromatic carbocycles. The van der Waals surface area contributed by atoms with Gasteiger partial charge in [0.05, 0.1) is 15.6 Å². The molecule has 1 N–H and O–H groups in total. The first-order valence-electron chi connectivity index (χ1n) is 8.98. The molecule has 0 amide bonds. The highest BCUT2D eigenvalue weighted by Gasteiger charge is 2.26. The molecule has 10 heteroatoms. The van der Waals surface area contributed by atoms with Crippen LogP contribution in [0, 0.1) is 0 Å². The lowest BCUT2D eigenvalue weighted by atomic mass is 10.1. The van der Waals surface area contributed by atoms with Crippen LogP contribution in [0.4, 0.5) is 0 Å². The van der Waals surface area contributed by atoms with Crippen molar-refractivity contribution in [3.63, 3.8) is 0 Å². The van der Waals surface area contributed by atoms with Crippen molar-refractivity contribution in [1.29, 1.82) is 0 Å². The van der Waals surface area contributed by atoms with E-state index in [4.69, 9.17) is 28.2 Å². The van der Waals surface area contributed by atoms with Gasteiger partial charge in [0.15, 0.2) is 5.82 Å². The van der Waals surface area contributed by atoms with Gasteiger partial charge < -0.3 is 9.76 Å². The minimum atomic E-state index is -1.39. The van der Waals surface area contributed by atoms with E-state index in [0.29, 0.717) is 32.7 Å². The summed E-state index contributed by atoms with van der Waals surface area (Å²) in [7, 11) is 0. The Morgan fingerprint density at radius 2 is 1.77 bits per heavy atom. The average Bonchev–Trinajstić information content (AvgIpc) is 3.10. The average molecular weight is 491 g/mol. The summed E-state index contributed by atoms with van der Waals surface area (Å²) in [5.74, 6) is 0.174. The first kappa shape index (κ1) is 22.0. The number of rotatable bonds is 5. The number of hydrogen-bond donors (Lipinski definition) is 1. The van der Waals surface area contributed by atoms with Crippen LogP contribution in [0.15, 0.2) is 64.8 Å². The molecule has 1 unspecified atom stereocenters.